The third kappa shape index (κ3) is 6.19. The molecule has 0 bridgehead atoms. The lowest BCUT2D eigenvalue weighted by atomic mass is 9.92. The van der Waals surface area contributed by atoms with Crippen molar-refractivity contribution in [2.24, 2.45) is 0 Å². The van der Waals surface area contributed by atoms with E-state index in [1.807, 2.05) is 36.4 Å². The summed E-state index contributed by atoms with van der Waals surface area (Å²) in [6.45, 7) is 16.9. The van der Waals surface area contributed by atoms with Crippen LogP contribution in [-0.4, -0.2) is 11.8 Å². The van der Waals surface area contributed by atoms with E-state index in [4.69, 9.17) is 0 Å². The fourth-order valence-electron chi connectivity index (χ4n) is 3.90. The maximum atomic E-state index is 12.8. The number of hydrogen-bond donors (Lipinski definition) is 2. The molecule has 2 amide bonds. The van der Waals surface area contributed by atoms with E-state index in [-0.39, 0.29) is 41.9 Å². The average Bonchev–Trinajstić information content (AvgIpc) is 2.67. The molecule has 0 saturated carbocycles. The van der Waals surface area contributed by atoms with Crippen molar-refractivity contribution in [3.8, 4) is 0 Å². The van der Waals surface area contributed by atoms with Gasteiger partial charge in [-0.3, -0.25) is 9.59 Å². The summed E-state index contributed by atoms with van der Waals surface area (Å²) >= 11 is 0. The van der Waals surface area contributed by atoms with Crippen LogP contribution in [0.3, 0.4) is 0 Å². The van der Waals surface area contributed by atoms with Gasteiger partial charge in [0.05, 0.1) is 0 Å². The van der Waals surface area contributed by atoms with Gasteiger partial charge < -0.3 is 10.6 Å². The number of anilines is 2. The number of carbonyl (C=O) groups excluding carboxylic acids is 2. The first kappa shape index (κ1) is 24.6. The van der Waals surface area contributed by atoms with Crippen LogP contribution < -0.4 is 10.6 Å². The second kappa shape index (κ2) is 10.6. The van der Waals surface area contributed by atoms with Gasteiger partial charge in [-0.05, 0) is 45.9 Å². The van der Waals surface area contributed by atoms with Crippen molar-refractivity contribution in [2.45, 2.75) is 85.5 Å². The maximum absolute atomic E-state index is 12.8. The van der Waals surface area contributed by atoms with Crippen LogP contribution in [0.1, 0.15) is 108 Å². The first-order chi connectivity index (χ1) is 14.5. The summed E-state index contributed by atoms with van der Waals surface area (Å²) in [6.07, 6.45) is -0.214. The van der Waals surface area contributed by atoms with Crippen molar-refractivity contribution < 1.29 is 9.59 Å². The van der Waals surface area contributed by atoms with Crippen LogP contribution in [0.15, 0.2) is 36.4 Å². The van der Waals surface area contributed by atoms with Gasteiger partial charge in [0.25, 0.3) is 0 Å². The highest BCUT2D eigenvalue weighted by atomic mass is 16.2. The summed E-state index contributed by atoms with van der Waals surface area (Å²) in [6, 6.07) is 12.2. The van der Waals surface area contributed by atoms with Crippen LogP contribution in [0.25, 0.3) is 0 Å². The average molecular weight is 423 g/mol. The zero-order chi connectivity index (χ0) is 23.3. The maximum Gasteiger partial charge on any atom is 0.233 e. The summed E-state index contributed by atoms with van der Waals surface area (Å²) < 4.78 is 0. The van der Waals surface area contributed by atoms with Gasteiger partial charge in [-0.15, -0.1) is 0 Å². The molecule has 2 aromatic rings. The second-order valence-electron chi connectivity index (χ2n) is 9.51. The van der Waals surface area contributed by atoms with Gasteiger partial charge in [0.1, 0.15) is 6.42 Å². The minimum Gasteiger partial charge on any atom is -0.325 e. The quantitative estimate of drug-likeness (QED) is 0.444. The van der Waals surface area contributed by atoms with Crippen molar-refractivity contribution in [2.75, 3.05) is 10.6 Å². The van der Waals surface area contributed by atoms with Crippen LogP contribution in [0.4, 0.5) is 11.4 Å². The van der Waals surface area contributed by atoms with Crippen LogP contribution in [-0.2, 0) is 9.59 Å². The first-order valence-corrected chi connectivity index (χ1v) is 11.4. The number of amides is 2. The van der Waals surface area contributed by atoms with Crippen LogP contribution >= 0.6 is 0 Å². The summed E-state index contributed by atoms with van der Waals surface area (Å²) in [5.74, 6) is 0.508. The largest absolute Gasteiger partial charge is 0.325 e. The second-order valence-corrected chi connectivity index (χ2v) is 9.51. The molecule has 0 aliphatic carbocycles. The number of carbonyl (C=O) groups is 2. The van der Waals surface area contributed by atoms with Gasteiger partial charge >= 0.3 is 0 Å². The molecule has 0 radical (unpaired) electrons. The third-order valence-electron chi connectivity index (χ3n) is 5.60. The predicted molar refractivity (Wildman–Crippen MR) is 131 cm³/mol. The smallest absolute Gasteiger partial charge is 0.233 e. The number of benzene rings is 2. The van der Waals surface area contributed by atoms with Crippen molar-refractivity contribution >= 4 is 23.2 Å². The Labute approximate surface area is 187 Å². The Kier molecular flexibility index (Phi) is 8.43. The summed E-state index contributed by atoms with van der Waals surface area (Å²) in [4.78, 5) is 25.7. The molecule has 0 spiro atoms. The van der Waals surface area contributed by atoms with E-state index in [1.165, 1.54) is 0 Å². The highest BCUT2D eigenvalue weighted by Crippen LogP contribution is 2.34. The topological polar surface area (TPSA) is 58.2 Å². The van der Waals surface area contributed by atoms with E-state index in [0.717, 1.165) is 33.6 Å². The van der Waals surface area contributed by atoms with Crippen molar-refractivity contribution in [3.05, 3.63) is 58.7 Å². The number of para-hydroxylation sites is 2. The lowest BCUT2D eigenvalue weighted by Gasteiger charge is -2.21. The van der Waals surface area contributed by atoms with E-state index in [1.54, 1.807) is 0 Å². The van der Waals surface area contributed by atoms with Gasteiger partial charge in [-0.2, -0.15) is 0 Å². The third-order valence-corrected chi connectivity index (χ3v) is 5.60. The van der Waals surface area contributed by atoms with Crippen LogP contribution in [0.2, 0.25) is 0 Å². The van der Waals surface area contributed by atoms with Crippen molar-refractivity contribution in [1.29, 1.82) is 0 Å². The van der Waals surface area contributed by atoms with Crippen molar-refractivity contribution in [3.63, 3.8) is 0 Å². The summed E-state index contributed by atoms with van der Waals surface area (Å²) in [7, 11) is 0. The van der Waals surface area contributed by atoms with Gasteiger partial charge in [0.15, 0.2) is 0 Å². The molecule has 2 N–H and O–H groups in total. The Bertz CT molecular complexity index is 799. The molecule has 0 aromatic heterocycles. The highest BCUT2D eigenvalue weighted by molar-refractivity contribution is 6.09. The van der Waals surface area contributed by atoms with Crippen molar-refractivity contribution in [1.82, 2.24) is 0 Å². The zero-order valence-corrected chi connectivity index (χ0v) is 20.3. The molecule has 168 valence electrons. The van der Waals surface area contributed by atoms with Gasteiger partial charge in [0.2, 0.25) is 11.8 Å². The molecule has 4 nitrogen and oxygen atoms in total. The fraction of sp³-hybridized carbons (Fsp3) is 0.481. The van der Waals surface area contributed by atoms with E-state index in [2.05, 4.69) is 66.0 Å². The number of hydrogen-bond acceptors (Lipinski definition) is 2. The molecule has 0 aliphatic heterocycles. The summed E-state index contributed by atoms with van der Waals surface area (Å²) in [5.41, 5.74) is 6.05. The Morgan fingerprint density at radius 1 is 0.581 bits per heavy atom. The van der Waals surface area contributed by atoms with Gasteiger partial charge in [0, 0.05) is 11.4 Å². The number of nitrogens with one attached hydrogen (secondary N) is 2. The Hall–Kier alpha value is -2.62. The Morgan fingerprint density at radius 2 is 0.839 bits per heavy atom. The fourth-order valence-corrected chi connectivity index (χ4v) is 3.90. The Balaban J connectivity index is 2.24. The van der Waals surface area contributed by atoms with Gasteiger partial charge in [-0.1, -0.05) is 91.8 Å². The minimum absolute atomic E-state index is 0.214. The molecule has 31 heavy (non-hydrogen) atoms. The standard InChI is InChI=1S/C27H38N2O2/c1-16(2)20-11-9-12-21(17(3)4)26(20)28-24(30)15-25(31)29-27-22(18(5)6)13-10-14-23(27)19(7)8/h9-14,16-19H,15H2,1-8H3,(H,28,30)(H,29,31). The molecule has 0 aliphatic rings. The SMILES string of the molecule is CC(C)c1cccc(C(C)C)c1NC(=O)CC(=O)Nc1c(C(C)C)cccc1C(C)C. The monoisotopic (exact) mass is 422 g/mol. The van der Waals surface area contributed by atoms with E-state index >= 15 is 0 Å². The Morgan fingerprint density at radius 3 is 1.06 bits per heavy atom. The molecule has 0 unspecified atom stereocenters. The molecule has 2 aromatic carbocycles. The lowest BCUT2D eigenvalue weighted by molar-refractivity contribution is -0.123. The van der Waals surface area contributed by atoms with Gasteiger partial charge in [-0.25, -0.2) is 0 Å². The minimum atomic E-state index is -0.291. The van der Waals surface area contributed by atoms with E-state index < -0.39 is 0 Å². The summed E-state index contributed by atoms with van der Waals surface area (Å²) in [5, 5.41) is 6.07. The highest BCUT2D eigenvalue weighted by Gasteiger charge is 2.20. The molecular weight excluding hydrogens is 384 g/mol. The predicted octanol–water partition coefficient (Wildman–Crippen LogP) is 7.15. The molecule has 2 rings (SSSR count). The normalized spacial score (nSPS) is 11.5. The van der Waals surface area contributed by atoms with Crippen LogP contribution in [0.5, 0.6) is 0 Å². The van der Waals surface area contributed by atoms with E-state index in [0.29, 0.717) is 0 Å². The first-order valence-electron chi connectivity index (χ1n) is 11.4. The molecule has 0 fully saturated rings. The molecule has 0 atom stereocenters. The molecule has 0 heterocycles. The molecular formula is C27H38N2O2. The van der Waals surface area contributed by atoms with Crippen LogP contribution in [0, 0.1) is 0 Å². The van der Waals surface area contributed by atoms with E-state index in [9.17, 15) is 9.59 Å². The number of rotatable bonds is 8. The molecule has 4 heteroatoms. The lowest BCUT2D eigenvalue weighted by Crippen LogP contribution is -2.24. The molecule has 0 saturated heterocycles. The zero-order valence-electron chi connectivity index (χ0n) is 20.3.